The highest BCUT2D eigenvalue weighted by Gasteiger charge is 2.28. The molecule has 2 heterocycles. The molecule has 0 aromatic heterocycles. The van der Waals surface area contributed by atoms with Gasteiger partial charge >= 0.3 is 0 Å². The summed E-state index contributed by atoms with van der Waals surface area (Å²) in [7, 11) is 0. The number of hydrogen-bond acceptors (Lipinski definition) is 4. The van der Waals surface area contributed by atoms with E-state index in [2.05, 4.69) is 10.5 Å². The molecule has 7 heteroatoms. The molecule has 1 aromatic rings. The minimum atomic E-state index is -0.167. The fourth-order valence-corrected chi connectivity index (χ4v) is 2.80. The normalized spacial score (nSPS) is 18.0. The second-order valence-electron chi connectivity index (χ2n) is 6.04. The van der Waals surface area contributed by atoms with E-state index in [0.29, 0.717) is 43.9 Å². The Morgan fingerprint density at radius 2 is 1.54 bits per heavy atom. The van der Waals surface area contributed by atoms with Crippen LogP contribution in [0.2, 0.25) is 0 Å². The van der Waals surface area contributed by atoms with Gasteiger partial charge in [0.25, 0.3) is 11.8 Å². The van der Waals surface area contributed by atoms with Crippen molar-refractivity contribution in [1.29, 1.82) is 0 Å². The number of aryl methyl sites for hydroxylation is 1. The van der Waals surface area contributed by atoms with Crippen LogP contribution in [0.1, 0.15) is 28.8 Å². The molecule has 0 atom stereocenters. The Morgan fingerprint density at radius 1 is 0.958 bits per heavy atom. The Labute approximate surface area is 140 Å². The molecule has 2 aliphatic heterocycles. The lowest BCUT2D eigenvalue weighted by molar-refractivity contribution is -0.126. The maximum absolute atomic E-state index is 12.5. The van der Waals surface area contributed by atoms with Gasteiger partial charge in [0.2, 0.25) is 5.91 Å². The lowest BCUT2D eigenvalue weighted by Gasteiger charge is -2.35. The van der Waals surface area contributed by atoms with E-state index < -0.39 is 0 Å². The van der Waals surface area contributed by atoms with Crippen LogP contribution >= 0.6 is 0 Å². The topological polar surface area (TPSA) is 82.1 Å². The van der Waals surface area contributed by atoms with Crippen molar-refractivity contribution in [3.8, 4) is 0 Å². The average Bonchev–Trinajstić information content (AvgIpc) is 2.62. The fourth-order valence-electron chi connectivity index (χ4n) is 2.80. The van der Waals surface area contributed by atoms with Crippen molar-refractivity contribution in [2.75, 3.05) is 26.2 Å². The van der Waals surface area contributed by atoms with Gasteiger partial charge in [-0.3, -0.25) is 14.4 Å². The molecule has 1 N–H and O–H groups in total. The summed E-state index contributed by atoms with van der Waals surface area (Å²) in [4.78, 5) is 39.4. The number of hydrazone groups is 1. The van der Waals surface area contributed by atoms with Gasteiger partial charge in [-0.25, -0.2) is 5.43 Å². The first kappa shape index (κ1) is 16.2. The molecular formula is C17H20N4O3. The first-order valence-corrected chi connectivity index (χ1v) is 8.05. The summed E-state index contributed by atoms with van der Waals surface area (Å²) in [5, 5.41) is 3.84. The summed E-state index contributed by atoms with van der Waals surface area (Å²) in [5.74, 6) is -0.332. The van der Waals surface area contributed by atoms with Gasteiger partial charge < -0.3 is 9.80 Å². The molecule has 3 amide bonds. The first-order valence-electron chi connectivity index (χ1n) is 8.05. The standard InChI is InChI=1S/C17H20N4O3/c1-12-2-4-13(5-3-12)16(23)20-8-10-21(11-9-20)17(24)14-6-7-15(22)19-18-14/h2-5H,6-11H2,1H3,(H,19,22). The summed E-state index contributed by atoms with van der Waals surface area (Å²) in [5.41, 5.74) is 4.50. The number of carbonyl (C=O) groups is 3. The number of piperazine rings is 1. The van der Waals surface area contributed by atoms with Crippen LogP contribution in [-0.4, -0.2) is 59.4 Å². The van der Waals surface area contributed by atoms with E-state index in [-0.39, 0.29) is 24.1 Å². The Kier molecular flexibility index (Phi) is 4.59. The van der Waals surface area contributed by atoms with Gasteiger partial charge in [-0.1, -0.05) is 17.7 Å². The molecule has 0 unspecified atom stereocenters. The number of benzene rings is 1. The zero-order valence-electron chi connectivity index (χ0n) is 13.6. The predicted molar refractivity (Wildman–Crippen MR) is 88.5 cm³/mol. The minimum Gasteiger partial charge on any atom is -0.335 e. The molecule has 1 fully saturated rings. The fraction of sp³-hybridized carbons (Fsp3) is 0.412. The van der Waals surface area contributed by atoms with E-state index in [0.717, 1.165) is 5.56 Å². The van der Waals surface area contributed by atoms with Crippen LogP contribution in [0.15, 0.2) is 29.4 Å². The van der Waals surface area contributed by atoms with Crippen molar-refractivity contribution < 1.29 is 14.4 Å². The molecule has 24 heavy (non-hydrogen) atoms. The van der Waals surface area contributed by atoms with Crippen molar-refractivity contribution in [2.45, 2.75) is 19.8 Å². The molecule has 0 bridgehead atoms. The van der Waals surface area contributed by atoms with Crippen LogP contribution in [0.3, 0.4) is 0 Å². The van der Waals surface area contributed by atoms with Crippen molar-refractivity contribution in [1.82, 2.24) is 15.2 Å². The second-order valence-corrected chi connectivity index (χ2v) is 6.04. The zero-order chi connectivity index (χ0) is 17.1. The Bertz CT molecular complexity index is 688. The molecule has 0 aliphatic carbocycles. The quantitative estimate of drug-likeness (QED) is 0.860. The molecule has 0 saturated carbocycles. The van der Waals surface area contributed by atoms with Gasteiger partial charge in [0.1, 0.15) is 5.71 Å². The molecule has 0 spiro atoms. The first-order chi connectivity index (χ1) is 11.5. The monoisotopic (exact) mass is 328 g/mol. The SMILES string of the molecule is Cc1ccc(C(=O)N2CCN(C(=O)C3=NNC(=O)CC3)CC2)cc1. The van der Waals surface area contributed by atoms with E-state index >= 15 is 0 Å². The summed E-state index contributed by atoms with van der Waals surface area (Å²) < 4.78 is 0. The second kappa shape index (κ2) is 6.82. The summed E-state index contributed by atoms with van der Waals surface area (Å²) in [6.07, 6.45) is 0.656. The Morgan fingerprint density at radius 3 is 2.08 bits per heavy atom. The van der Waals surface area contributed by atoms with Crippen molar-refractivity contribution >= 4 is 23.4 Å². The van der Waals surface area contributed by atoms with Crippen LogP contribution in [0.4, 0.5) is 0 Å². The minimum absolute atomic E-state index is 0.00984. The van der Waals surface area contributed by atoms with Crippen LogP contribution in [0.5, 0.6) is 0 Å². The van der Waals surface area contributed by atoms with E-state index in [4.69, 9.17) is 0 Å². The van der Waals surface area contributed by atoms with Crippen LogP contribution in [0, 0.1) is 6.92 Å². The Hall–Kier alpha value is -2.70. The molecular weight excluding hydrogens is 308 g/mol. The lowest BCUT2D eigenvalue weighted by Crippen LogP contribution is -2.52. The number of amides is 3. The largest absolute Gasteiger partial charge is 0.335 e. The highest BCUT2D eigenvalue weighted by molar-refractivity contribution is 6.39. The van der Waals surface area contributed by atoms with E-state index in [9.17, 15) is 14.4 Å². The maximum atomic E-state index is 12.5. The summed E-state index contributed by atoms with van der Waals surface area (Å²) in [6.45, 7) is 3.93. The van der Waals surface area contributed by atoms with Crippen LogP contribution in [-0.2, 0) is 9.59 Å². The molecule has 126 valence electrons. The molecule has 1 saturated heterocycles. The highest BCUT2D eigenvalue weighted by atomic mass is 16.2. The van der Waals surface area contributed by atoms with Gasteiger partial charge in [-0.2, -0.15) is 5.10 Å². The van der Waals surface area contributed by atoms with Gasteiger partial charge in [-0.05, 0) is 19.1 Å². The lowest BCUT2D eigenvalue weighted by atomic mass is 10.1. The van der Waals surface area contributed by atoms with Crippen molar-refractivity contribution in [2.24, 2.45) is 5.10 Å². The molecule has 1 aromatic carbocycles. The number of nitrogens with one attached hydrogen (secondary N) is 1. The third-order valence-electron chi connectivity index (χ3n) is 4.30. The maximum Gasteiger partial charge on any atom is 0.270 e. The van der Waals surface area contributed by atoms with Crippen LogP contribution in [0.25, 0.3) is 0 Å². The molecule has 2 aliphatic rings. The predicted octanol–water partition coefficient (Wildman–Crippen LogP) is 0.545. The third-order valence-corrected chi connectivity index (χ3v) is 4.30. The zero-order valence-corrected chi connectivity index (χ0v) is 13.6. The summed E-state index contributed by atoms with van der Waals surface area (Å²) >= 11 is 0. The molecule has 7 nitrogen and oxygen atoms in total. The van der Waals surface area contributed by atoms with Crippen LogP contribution < -0.4 is 5.43 Å². The number of carbonyl (C=O) groups excluding carboxylic acids is 3. The van der Waals surface area contributed by atoms with Crippen molar-refractivity contribution in [3.05, 3.63) is 35.4 Å². The van der Waals surface area contributed by atoms with E-state index in [1.807, 2.05) is 31.2 Å². The Balaban J connectivity index is 1.57. The van der Waals surface area contributed by atoms with E-state index in [1.165, 1.54) is 0 Å². The van der Waals surface area contributed by atoms with Gasteiger partial charge in [0.15, 0.2) is 0 Å². The molecule has 0 radical (unpaired) electrons. The number of rotatable bonds is 2. The van der Waals surface area contributed by atoms with Crippen molar-refractivity contribution in [3.63, 3.8) is 0 Å². The third kappa shape index (κ3) is 3.45. The molecule has 3 rings (SSSR count). The van der Waals surface area contributed by atoms with Gasteiger partial charge in [0, 0.05) is 44.6 Å². The van der Waals surface area contributed by atoms with E-state index in [1.54, 1.807) is 9.80 Å². The van der Waals surface area contributed by atoms with Gasteiger partial charge in [-0.15, -0.1) is 0 Å². The smallest absolute Gasteiger partial charge is 0.270 e. The van der Waals surface area contributed by atoms with Gasteiger partial charge in [0.05, 0.1) is 0 Å². The highest BCUT2D eigenvalue weighted by Crippen LogP contribution is 2.12. The number of nitrogens with zero attached hydrogens (tertiary/aromatic N) is 3. The number of hydrogen-bond donors (Lipinski definition) is 1. The average molecular weight is 328 g/mol. The summed E-state index contributed by atoms with van der Waals surface area (Å²) in [6, 6.07) is 7.49.